The van der Waals surface area contributed by atoms with Crippen molar-refractivity contribution in [3.63, 3.8) is 0 Å². The lowest BCUT2D eigenvalue weighted by atomic mass is 10.1. The number of hydrogen-bond donors (Lipinski definition) is 1. The Hall–Kier alpha value is -1.32. The van der Waals surface area contributed by atoms with Gasteiger partial charge in [0.1, 0.15) is 5.82 Å². The summed E-state index contributed by atoms with van der Waals surface area (Å²) in [4.78, 5) is 10.9. The highest BCUT2D eigenvalue weighted by Gasteiger charge is 2.10. The largest absolute Gasteiger partial charge is 0.359 e. The van der Waals surface area contributed by atoms with E-state index in [-0.39, 0.29) is 0 Å². The molecule has 1 aromatic rings. The van der Waals surface area contributed by atoms with Crippen LogP contribution in [-0.2, 0) is 0 Å². The topological polar surface area (TPSA) is 41.1 Å². The van der Waals surface area contributed by atoms with Crippen molar-refractivity contribution in [3.05, 3.63) is 11.8 Å². The fourth-order valence-electron chi connectivity index (χ4n) is 1.62. The standard InChI is InChI=1S/C12H22N4/c1-6-9(2)8-16(5)11-10(3)7-14-12(13-4)15-11/h7,9H,6,8H2,1-5H3,(H,13,14,15). The second-order valence-corrected chi connectivity index (χ2v) is 4.34. The van der Waals surface area contributed by atoms with Gasteiger partial charge in [0.15, 0.2) is 0 Å². The van der Waals surface area contributed by atoms with Crippen LogP contribution in [0.25, 0.3) is 0 Å². The first kappa shape index (κ1) is 12.7. The molecule has 1 atom stereocenters. The van der Waals surface area contributed by atoms with E-state index in [1.807, 2.05) is 20.2 Å². The van der Waals surface area contributed by atoms with Gasteiger partial charge >= 0.3 is 0 Å². The summed E-state index contributed by atoms with van der Waals surface area (Å²) >= 11 is 0. The van der Waals surface area contributed by atoms with E-state index in [9.17, 15) is 0 Å². The van der Waals surface area contributed by atoms with E-state index < -0.39 is 0 Å². The minimum Gasteiger partial charge on any atom is -0.359 e. The number of rotatable bonds is 5. The van der Waals surface area contributed by atoms with E-state index in [1.54, 1.807) is 0 Å². The molecule has 1 unspecified atom stereocenters. The van der Waals surface area contributed by atoms with Crippen LogP contribution in [0.3, 0.4) is 0 Å². The van der Waals surface area contributed by atoms with Crippen molar-refractivity contribution >= 4 is 11.8 Å². The zero-order valence-electron chi connectivity index (χ0n) is 10.9. The molecular formula is C12H22N4. The lowest BCUT2D eigenvalue weighted by Gasteiger charge is -2.23. The van der Waals surface area contributed by atoms with Crippen molar-refractivity contribution in [3.8, 4) is 0 Å². The predicted molar refractivity (Wildman–Crippen MR) is 69.0 cm³/mol. The van der Waals surface area contributed by atoms with E-state index in [1.165, 1.54) is 6.42 Å². The summed E-state index contributed by atoms with van der Waals surface area (Å²) in [6, 6.07) is 0. The van der Waals surface area contributed by atoms with E-state index in [4.69, 9.17) is 0 Å². The van der Waals surface area contributed by atoms with E-state index in [2.05, 4.69) is 41.1 Å². The Bertz CT molecular complexity index is 338. The number of nitrogens with zero attached hydrogens (tertiary/aromatic N) is 3. The van der Waals surface area contributed by atoms with Crippen LogP contribution in [0.15, 0.2) is 6.20 Å². The van der Waals surface area contributed by atoms with Crippen LogP contribution < -0.4 is 10.2 Å². The van der Waals surface area contributed by atoms with Gasteiger partial charge in [-0.2, -0.15) is 4.98 Å². The lowest BCUT2D eigenvalue weighted by molar-refractivity contribution is 0.557. The lowest BCUT2D eigenvalue weighted by Crippen LogP contribution is -2.25. The van der Waals surface area contributed by atoms with Crippen LogP contribution in [0.2, 0.25) is 0 Å². The smallest absolute Gasteiger partial charge is 0.224 e. The van der Waals surface area contributed by atoms with Crippen LogP contribution in [0.1, 0.15) is 25.8 Å². The minimum atomic E-state index is 0.677. The van der Waals surface area contributed by atoms with Crippen LogP contribution >= 0.6 is 0 Å². The molecule has 0 bridgehead atoms. The third kappa shape index (κ3) is 3.08. The molecule has 1 aromatic heterocycles. The summed E-state index contributed by atoms with van der Waals surface area (Å²) in [7, 11) is 3.92. The molecule has 0 radical (unpaired) electrons. The molecule has 0 fully saturated rings. The average molecular weight is 222 g/mol. The number of aromatic nitrogens is 2. The summed E-state index contributed by atoms with van der Waals surface area (Å²) in [6.07, 6.45) is 3.05. The van der Waals surface area contributed by atoms with Gasteiger partial charge < -0.3 is 10.2 Å². The van der Waals surface area contributed by atoms with Gasteiger partial charge in [0.25, 0.3) is 0 Å². The Morgan fingerprint density at radius 1 is 1.50 bits per heavy atom. The van der Waals surface area contributed by atoms with Crippen molar-refractivity contribution < 1.29 is 0 Å². The zero-order chi connectivity index (χ0) is 12.1. The molecule has 0 saturated heterocycles. The van der Waals surface area contributed by atoms with Crippen molar-refractivity contribution in [2.24, 2.45) is 5.92 Å². The highest BCUT2D eigenvalue weighted by atomic mass is 15.2. The van der Waals surface area contributed by atoms with Gasteiger partial charge in [0.05, 0.1) is 0 Å². The Labute approximate surface area is 98.1 Å². The van der Waals surface area contributed by atoms with Gasteiger partial charge in [-0.05, 0) is 12.8 Å². The highest BCUT2D eigenvalue weighted by Crippen LogP contribution is 2.18. The van der Waals surface area contributed by atoms with Gasteiger partial charge in [0.2, 0.25) is 5.95 Å². The van der Waals surface area contributed by atoms with Crippen LogP contribution in [0.5, 0.6) is 0 Å². The highest BCUT2D eigenvalue weighted by molar-refractivity contribution is 5.48. The SMILES string of the molecule is CCC(C)CN(C)c1nc(NC)ncc1C. The maximum absolute atomic E-state index is 4.48. The molecular weight excluding hydrogens is 200 g/mol. The molecule has 16 heavy (non-hydrogen) atoms. The summed E-state index contributed by atoms with van der Waals surface area (Å²) in [6.45, 7) is 7.54. The molecule has 4 heteroatoms. The molecule has 0 amide bonds. The number of anilines is 2. The fraction of sp³-hybridized carbons (Fsp3) is 0.667. The van der Waals surface area contributed by atoms with Crippen LogP contribution in [-0.4, -0.2) is 30.6 Å². The minimum absolute atomic E-state index is 0.677. The van der Waals surface area contributed by atoms with Gasteiger partial charge in [-0.15, -0.1) is 0 Å². The second-order valence-electron chi connectivity index (χ2n) is 4.34. The molecule has 1 rings (SSSR count). The molecule has 1 heterocycles. The molecule has 1 N–H and O–H groups in total. The number of nitrogens with one attached hydrogen (secondary N) is 1. The summed E-state index contributed by atoms with van der Waals surface area (Å²) in [5, 5.41) is 2.97. The predicted octanol–water partition coefficient (Wildman–Crippen LogP) is 2.31. The number of aryl methyl sites for hydroxylation is 1. The van der Waals surface area contributed by atoms with Crippen molar-refractivity contribution in [2.45, 2.75) is 27.2 Å². The first-order valence-corrected chi connectivity index (χ1v) is 5.81. The Morgan fingerprint density at radius 2 is 2.19 bits per heavy atom. The van der Waals surface area contributed by atoms with Crippen molar-refractivity contribution in [2.75, 3.05) is 30.9 Å². The van der Waals surface area contributed by atoms with Crippen molar-refractivity contribution in [1.82, 2.24) is 9.97 Å². The van der Waals surface area contributed by atoms with Gasteiger partial charge in [-0.25, -0.2) is 4.98 Å². The Kier molecular flexibility index (Phi) is 4.52. The monoisotopic (exact) mass is 222 g/mol. The zero-order valence-corrected chi connectivity index (χ0v) is 10.9. The molecule has 4 nitrogen and oxygen atoms in total. The summed E-state index contributed by atoms with van der Waals surface area (Å²) < 4.78 is 0. The quantitative estimate of drug-likeness (QED) is 0.830. The molecule has 0 spiro atoms. The van der Waals surface area contributed by atoms with Gasteiger partial charge in [0, 0.05) is 32.4 Å². The second kappa shape index (κ2) is 5.68. The summed E-state index contributed by atoms with van der Waals surface area (Å²) in [5.41, 5.74) is 1.12. The molecule has 0 aliphatic rings. The molecule has 90 valence electrons. The first-order valence-electron chi connectivity index (χ1n) is 5.81. The fourth-order valence-corrected chi connectivity index (χ4v) is 1.62. The van der Waals surface area contributed by atoms with E-state index in [0.717, 1.165) is 17.9 Å². The van der Waals surface area contributed by atoms with Crippen molar-refractivity contribution in [1.29, 1.82) is 0 Å². The Balaban J connectivity index is 2.84. The third-order valence-electron chi connectivity index (χ3n) is 2.81. The van der Waals surface area contributed by atoms with Crippen LogP contribution in [0.4, 0.5) is 11.8 Å². The molecule has 0 aromatic carbocycles. The normalized spacial score (nSPS) is 12.3. The maximum atomic E-state index is 4.48. The van der Waals surface area contributed by atoms with Gasteiger partial charge in [-0.1, -0.05) is 20.3 Å². The van der Waals surface area contributed by atoms with Crippen LogP contribution in [0, 0.1) is 12.8 Å². The maximum Gasteiger partial charge on any atom is 0.224 e. The first-order chi connectivity index (χ1) is 7.58. The average Bonchev–Trinajstić information content (AvgIpc) is 2.29. The summed E-state index contributed by atoms with van der Waals surface area (Å²) in [5.74, 6) is 2.37. The molecule has 0 aliphatic heterocycles. The van der Waals surface area contributed by atoms with E-state index in [0.29, 0.717) is 11.9 Å². The van der Waals surface area contributed by atoms with E-state index >= 15 is 0 Å². The Morgan fingerprint density at radius 3 is 2.75 bits per heavy atom. The molecule has 0 aliphatic carbocycles. The van der Waals surface area contributed by atoms with Gasteiger partial charge in [-0.3, -0.25) is 0 Å². The molecule has 0 saturated carbocycles. The third-order valence-corrected chi connectivity index (χ3v) is 2.81. The number of hydrogen-bond acceptors (Lipinski definition) is 4.